The molecule has 2 aliphatic rings. The van der Waals surface area contributed by atoms with Crippen molar-refractivity contribution in [3.63, 3.8) is 0 Å². The highest BCUT2D eigenvalue weighted by atomic mass is 32.2. The number of amidine groups is 1. The summed E-state index contributed by atoms with van der Waals surface area (Å²) >= 11 is 1.48. The number of ether oxygens (including phenoxy) is 1. The Kier molecular flexibility index (Phi) is 5.60. The molecule has 25 heavy (non-hydrogen) atoms. The molecule has 0 aliphatic carbocycles. The fourth-order valence-corrected chi connectivity index (χ4v) is 4.06. The van der Waals surface area contributed by atoms with Gasteiger partial charge in [0.15, 0.2) is 5.17 Å². The van der Waals surface area contributed by atoms with Crippen molar-refractivity contribution in [3.8, 4) is 0 Å². The van der Waals surface area contributed by atoms with E-state index in [-0.39, 0.29) is 5.92 Å². The predicted octanol–water partition coefficient (Wildman–Crippen LogP) is 2.73. The molecule has 2 N–H and O–H groups in total. The third-order valence-electron chi connectivity index (χ3n) is 4.23. The Morgan fingerprint density at radius 3 is 2.68 bits per heavy atom. The quantitative estimate of drug-likeness (QED) is 0.842. The van der Waals surface area contributed by atoms with E-state index in [0.717, 1.165) is 18.2 Å². The van der Waals surface area contributed by atoms with E-state index < -0.39 is 17.2 Å². The van der Waals surface area contributed by atoms with Crippen molar-refractivity contribution in [3.05, 3.63) is 60.2 Å². The van der Waals surface area contributed by atoms with Crippen LogP contribution in [0.2, 0.25) is 0 Å². The highest BCUT2D eigenvalue weighted by Gasteiger charge is 2.47. The SMILES string of the molecule is NC1=NC2(c3ccc(F)cc3F)COCCC2CS1.c1cncnc1. The Hall–Kier alpha value is -2.06. The summed E-state index contributed by atoms with van der Waals surface area (Å²) in [5.41, 5.74) is 5.38. The summed E-state index contributed by atoms with van der Waals surface area (Å²) in [6.07, 6.45) is 5.68. The van der Waals surface area contributed by atoms with Crippen LogP contribution in [0.15, 0.2) is 48.0 Å². The fourth-order valence-electron chi connectivity index (χ4n) is 3.02. The van der Waals surface area contributed by atoms with Gasteiger partial charge in [0.05, 0.1) is 6.61 Å². The minimum absolute atomic E-state index is 0.165. The molecule has 2 aliphatic heterocycles. The Bertz CT molecular complexity index is 720. The number of fused-ring (bicyclic) bond motifs is 1. The maximum Gasteiger partial charge on any atom is 0.154 e. The average Bonchev–Trinajstić information content (AvgIpc) is 2.63. The molecule has 0 spiro atoms. The monoisotopic (exact) mass is 364 g/mol. The first-order valence-electron chi connectivity index (χ1n) is 7.83. The lowest BCUT2D eigenvalue weighted by atomic mass is 9.76. The van der Waals surface area contributed by atoms with Crippen molar-refractivity contribution in [2.45, 2.75) is 12.0 Å². The van der Waals surface area contributed by atoms with Crippen molar-refractivity contribution in [1.29, 1.82) is 0 Å². The molecule has 1 saturated heterocycles. The molecule has 2 atom stereocenters. The molecule has 1 aromatic carbocycles. The third kappa shape index (κ3) is 3.96. The van der Waals surface area contributed by atoms with Crippen LogP contribution in [0.1, 0.15) is 12.0 Å². The summed E-state index contributed by atoms with van der Waals surface area (Å²) in [5, 5.41) is 0.436. The minimum atomic E-state index is -0.800. The molecule has 8 heteroatoms. The lowest BCUT2D eigenvalue weighted by Gasteiger charge is -2.43. The van der Waals surface area contributed by atoms with Crippen molar-refractivity contribution in [2.24, 2.45) is 16.6 Å². The largest absolute Gasteiger partial charge is 0.379 e. The Morgan fingerprint density at radius 1 is 1.24 bits per heavy atom. The summed E-state index contributed by atoms with van der Waals surface area (Å²) in [4.78, 5) is 11.8. The van der Waals surface area contributed by atoms with Gasteiger partial charge < -0.3 is 10.5 Å². The first-order chi connectivity index (χ1) is 12.1. The molecular weight excluding hydrogens is 346 g/mol. The molecule has 1 fully saturated rings. The number of halogens is 2. The van der Waals surface area contributed by atoms with Crippen molar-refractivity contribution < 1.29 is 13.5 Å². The van der Waals surface area contributed by atoms with Gasteiger partial charge in [-0.05, 0) is 18.6 Å². The number of rotatable bonds is 1. The molecule has 0 saturated carbocycles. The summed E-state index contributed by atoms with van der Waals surface area (Å²) in [6.45, 7) is 0.937. The summed E-state index contributed by atoms with van der Waals surface area (Å²) in [6, 6.07) is 5.38. The van der Waals surface area contributed by atoms with Crippen LogP contribution in [0.4, 0.5) is 8.78 Å². The lowest BCUT2D eigenvalue weighted by molar-refractivity contribution is 0.00297. The van der Waals surface area contributed by atoms with Crippen molar-refractivity contribution >= 4 is 16.9 Å². The van der Waals surface area contributed by atoms with Gasteiger partial charge in [0.2, 0.25) is 0 Å². The van der Waals surface area contributed by atoms with E-state index in [9.17, 15) is 8.78 Å². The van der Waals surface area contributed by atoms with Crippen LogP contribution in [0.3, 0.4) is 0 Å². The van der Waals surface area contributed by atoms with E-state index in [4.69, 9.17) is 10.5 Å². The van der Waals surface area contributed by atoms with Gasteiger partial charge >= 0.3 is 0 Å². The van der Waals surface area contributed by atoms with Crippen LogP contribution in [0.5, 0.6) is 0 Å². The summed E-state index contributed by atoms with van der Waals surface area (Å²) in [7, 11) is 0. The lowest BCUT2D eigenvalue weighted by Crippen LogP contribution is -2.48. The standard InChI is InChI=1S/C13H14F2N2OS.C4H4N2/c14-9-1-2-10(11(15)5-9)13-7-18-4-3-8(13)6-19-12(16)17-13;1-2-5-4-6-3-1/h1-2,5,8H,3-4,6-7H2,(H2,16,17);1-4H. The Labute approximate surface area is 148 Å². The van der Waals surface area contributed by atoms with E-state index >= 15 is 0 Å². The number of aromatic nitrogens is 2. The van der Waals surface area contributed by atoms with Crippen LogP contribution in [0, 0.1) is 17.6 Å². The Morgan fingerprint density at radius 2 is 2.04 bits per heavy atom. The van der Waals surface area contributed by atoms with E-state index in [1.165, 1.54) is 30.2 Å². The number of nitrogens with zero attached hydrogens (tertiary/aromatic N) is 3. The van der Waals surface area contributed by atoms with E-state index in [1.54, 1.807) is 18.5 Å². The van der Waals surface area contributed by atoms with Crippen LogP contribution in [-0.4, -0.2) is 34.1 Å². The predicted molar refractivity (Wildman–Crippen MR) is 93.1 cm³/mol. The second kappa shape index (κ2) is 7.88. The van der Waals surface area contributed by atoms with E-state index in [2.05, 4.69) is 15.0 Å². The van der Waals surface area contributed by atoms with Crippen LogP contribution in [0.25, 0.3) is 0 Å². The van der Waals surface area contributed by atoms with Gasteiger partial charge in [0.25, 0.3) is 0 Å². The number of hydrogen-bond acceptors (Lipinski definition) is 6. The molecular formula is C17H18F2N4OS. The number of hydrogen-bond donors (Lipinski definition) is 1. The molecule has 0 bridgehead atoms. The van der Waals surface area contributed by atoms with Crippen molar-refractivity contribution in [2.75, 3.05) is 19.0 Å². The van der Waals surface area contributed by atoms with Crippen LogP contribution < -0.4 is 5.73 Å². The number of benzene rings is 1. The zero-order valence-electron chi connectivity index (χ0n) is 13.4. The fraction of sp³-hybridized carbons (Fsp3) is 0.353. The van der Waals surface area contributed by atoms with Gasteiger partial charge in [-0.3, -0.25) is 0 Å². The molecule has 5 nitrogen and oxygen atoms in total. The Balaban J connectivity index is 0.000000258. The van der Waals surface area contributed by atoms with Crippen LogP contribution >= 0.6 is 11.8 Å². The van der Waals surface area contributed by atoms with E-state index in [0.29, 0.717) is 23.9 Å². The average molecular weight is 364 g/mol. The third-order valence-corrected chi connectivity index (χ3v) is 5.18. The van der Waals surface area contributed by atoms with Gasteiger partial charge in [-0.25, -0.2) is 23.7 Å². The minimum Gasteiger partial charge on any atom is -0.379 e. The van der Waals surface area contributed by atoms with E-state index in [1.807, 2.05) is 0 Å². The molecule has 0 radical (unpaired) electrons. The maximum absolute atomic E-state index is 14.1. The highest BCUT2D eigenvalue weighted by Crippen LogP contribution is 2.45. The highest BCUT2D eigenvalue weighted by molar-refractivity contribution is 8.13. The molecule has 4 rings (SSSR count). The van der Waals surface area contributed by atoms with Gasteiger partial charge in [-0.15, -0.1) is 0 Å². The van der Waals surface area contributed by atoms with Gasteiger partial charge in [0, 0.05) is 42.3 Å². The number of aliphatic imine (C=N–C) groups is 1. The second-order valence-electron chi connectivity index (χ2n) is 5.75. The van der Waals surface area contributed by atoms with Gasteiger partial charge in [-0.2, -0.15) is 0 Å². The zero-order valence-corrected chi connectivity index (χ0v) is 14.3. The first-order valence-corrected chi connectivity index (χ1v) is 8.82. The first kappa shape index (κ1) is 17.8. The summed E-state index contributed by atoms with van der Waals surface area (Å²) in [5.74, 6) is -0.222. The molecule has 132 valence electrons. The maximum atomic E-state index is 14.1. The number of thioether (sulfide) groups is 1. The molecule has 2 unspecified atom stereocenters. The van der Waals surface area contributed by atoms with Crippen molar-refractivity contribution in [1.82, 2.24) is 9.97 Å². The number of nitrogens with two attached hydrogens (primary N) is 1. The molecule has 1 aromatic heterocycles. The normalized spacial score (nSPS) is 25.2. The molecule has 0 amide bonds. The molecule has 3 heterocycles. The smallest absolute Gasteiger partial charge is 0.154 e. The second-order valence-corrected chi connectivity index (χ2v) is 6.79. The summed E-state index contributed by atoms with van der Waals surface area (Å²) < 4.78 is 32.7. The topological polar surface area (TPSA) is 73.4 Å². The molecule has 2 aromatic rings. The van der Waals surface area contributed by atoms with Crippen LogP contribution in [-0.2, 0) is 10.3 Å². The van der Waals surface area contributed by atoms with Gasteiger partial charge in [0.1, 0.15) is 23.5 Å². The van der Waals surface area contributed by atoms with Gasteiger partial charge in [-0.1, -0.05) is 17.8 Å². The zero-order chi connectivity index (χ0) is 17.7.